The number of amides is 1. The Labute approximate surface area is 149 Å². The van der Waals surface area contributed by atoms with E-state index in [0.29, 0.717) is 12.5 Å². The first kappa shape index (κ1) is 18.9. The number of hydrogen-bond acceptors (Lipinski definition) is 5. The van der Waals surface area contributed by atoms with Crippen molar-refractivity contribution in [2.24, 2.45) is 5.92 Å². The van der Waals surface area contributed by atoms with Crippen LogP contribution in [0.2, 0.25) is 0 Å². The van der Waals surface area contributed by atoms with Crippen LogP contribution < -0.4 is 10.6 Å². The van der Waals surface area contributed by atoms with Crippen LogP contribution in [0.4, 0.5) is 0 Å². The van der Waals surface area contributed by atoms with Gasteiger partial charge in [-0.15, -0.1) is 11.3 Å². The molecule has 0 atom stereocenters. The molecule has 0 bridgehead atoms. The van der Waals surface area contributed by atoms with Crippen LogP contribution in [0.5, 0.6) is 0 Å². The molecule has 1 aromatic heterocycles. The predicted molar refractivity (Wildman–Crippen MR) is 97.8 cm³/mol. The van der Waals surface area contributed by atoms with Crippen LogP contribution in [-0.2, 0) is 11.3 Å². The molecular weight excluding hydrogens is 320 g/mol. The summed E-state index contributed by atoms with van der Waals surface area (Å²) in [5.41, 5.74) is 0.589. The van der Waals surface area contributed by atoms with Gasteiger partial charge in [-0.25, -0.2) is 0 Å². The zero-order chi connectivity index (χ0) is 17.6. The fourth-order valence-corrected chi connectivity index (χ4v) is 3.72. The Morgan fingerprint density at radius 2 is 2.12 bits per heavy atom. The summed E-state index contributed by atoms with van der Waals surface area (Å²) >= 11 is 1.63. The highest BCUT2D eigenvalue weighted by atomic mass is 32.1. The molecule has 0 saturated carbocycles. The van der Waals surface area contributed by atoms with Crippen molar-refractivity contribution in [2.75, 3.05) is 26.2 Å². The van der Waals surface area contributed by atoms with Crippen molar-refractivity contribution in [3.8, 4) is 6.07 Å². The summed E-state index contributed by atoms with van der Waals surface area (Å²) < 4.78 is 0. The average molecular weight is 349 g/mol. The van der Waals surface area contributed by atoms with Gasteiger partial charge in [0.15, 0.2) is 0 Å². The van der Waals surface area contributed by atoms with Crippen molar-refractivity contribution in [2.45, 2.75) is 45.7 Å². The van der Waals surface area contributed by atoms with Crippen molar-refractivity contribution in [1.29, 1.82) is 5.26 Å². The van der Waals surface area contributed by atoms with E-state index in [4.69, 9.17) is 5.26 Å². The van der Waals surface area contributed by atoms with Gasteiger partial charge in [0.05, 0.1) is 12.1 Å². The molecule has 0 aromatic carbocycles. The van der Waals surface area contributed by atoms with Gasteiger partial charge in [0.1, 0.15) is 6.07 Å². The second-order valence-corrected chi connectivity index (χ2v) is 8.56. The summed E-state index contributed by atoms with van der Waals surface area (Å²) in [5.74, 6) is 0.785. The monoisotopic (exact) mass is 348 g/mol. The second kappa shape index (κ2) is 8.61. The standard InChI is InChI=1S/C18H28N4OS/c1-18(2,3)21-17(23)12-22-6-4-14(5-7-22)10-20-11-16-8-15(9-19)13-24-16/h8,13-14,20H,4-7,10-12H2,1-3H3,(H,21,23). The van der Waals surface area contributed by atoms with Gasteiger partial charge in [0.2, 0.25) is 5.91 Å². The molecule has 1 amide bonds. The highest BCUT2D eigenvalue weighted by molar-refractivity contribution is 7.10. The first-order valence-electron chi connectivity index (χ1n) is 8.57. The Morgan fingerprint density at radius 1 is 1.42 bits per heavy atom. The minimum absolute atomic E-state index is 0.116. The number of thiophene rings is 1. The van der Waals surface area contributed by atoms with Crippen LogP contribution in [0, 0.1) is 17.2 Å². The Hall–Kier alpha value is -1.42. The van der Waals surface area contributed by atoms with Crippen LogP contribution in [0.15, 0.2) is 11.4 Å². The minimum atomic E-state index is -0.160. The van der Waals surface area contributed by atoms with Crippen LogP contribution in [0.25, 0.3) is 0 Å². The predicted octanol–water partition coefficient (Wildman–Crippen LogP) is 2.34. The van der Waals surface area contributed by atoms with Gasteiger partial charge in [-0.2, -0.15) is 5.26 Å². The van der Waals surface area contributed by atoms with Crippen LogP contribution in [-0.4, -0.2) is 42.5 Å². The molecule has 1 saturated heterocycles. The van der Waals surface area contributed by atoms with Gasteiger partial charge < -0.3 is 10.6 Å². The highest BCUT2D eigenvalue weighted by Gasteiger charge is 2.22. The highest BCUT2D eigenvalue weighted by Crippen LogP contribution is 2.17. The van der Waals surface area contributed by atoms with Crippen molar-refractivity contribution in [1.82, 2.24) is 15.5 Å². The number of nitriles is 1. The molecule has 132 valence electrons. The number of likely N-dealkylation sites (tertiary alicyclic amines) is 1. The summed E-state index contributed by atoms with van der Waals surface area (Å²) in [6.45, 7) is 10.3. The average Bonchev–Trinajstić information content (AvgIpc) is 2.95. The molecule has 2 rings (SSSR count). The molecule has 0 radical (unpaired) electrons. The van der Waals surface area contributed by atoms with Gasteiger partial charge in [-0.3, -0.25) is 9.69 Å². The van der Waals surface area contributed by atoms with Crippen LogP contribution in [0.1, 0.15) is 44.1 Å². The summed E-state index contributed by atoms with van der Waals surface area (Å²) in [6, 6.07) is 4.12. The van der Waals surface area contributed by atoms with E-state index < -0.39 is 0 Å². The molecule has 24 heavy (non-hydrogen) atoms. The van der Waals surface area contributed by atoms with E-state index in [1.54, 1.807) is 11.3 Å². The van der Waals surface area contributed by atoms with Crippen molar-refractivity contribution in [3.63, 3.8) is 0 Å². The quantitative estimate of drug-likeness (QED) is 0.828. The normalized spacial score (nSPS) is 16.8. The molecule has 0 unspecified atom stereocenters. The lowest BCUT2D eigenvalue weighted by atomic mass is 9.96. The maximum Gasteiger partial charge on any atom is 0.234 e. The number of piperidine rings is 1. The number of nitrogens with one attached hydrogen (secondary N) is 2. The lowest BCUT2D eigenvalue weighted by Gasteiger charge is -2.32. The topological polar surface area (TPSA) is 68.2 Å². The number of carbonyl (C=O) groups excluding carboxylic acids is 1. The molecule has 2 heterocycles. The Bertz CT molecular complexity index is 577. The lowest BCUT2D eigenvalue weighted by molar-refractivity contribution is -0.124. The molecule has 0 aliphatic carbocycles. The van der Waals surface area contributed by atoms with E-state index in [2.05, 4.69) is 21.6 Å². The Balaban J connectivity index is 1.62. The second-order valence-electron chi connectivity index (χ2n) is 7.56. The number of carbonyl (C=O) groups is 1. The van der Waals surface area contributed by atoms with Gasteiger partial charge in [-0.1, -0.05) is 0 Å². The third-order valence-corrected chi connectivity index (χ3v) is 5.04. The smallest absolute Gasteiger partial charge is 0.234 e. The van der Waals surface area contributed by atoms with Crippen LogP contribution >= 0.6 is 11.3 Å². The molecule has 1 aliphatic rings. The minimum Gasteiger partial charge on any atom is -0.350 e. The van der Waals surface area contributed by atoms with E-state index in [-0.39, 0.29) is 11.4 Å². The van der Waals surface area contributed by atoms with Crippen molar-refractivity contribution < 1.29 is 4.79 Å². The summed E-state index contributed by atoms with van der Waals surface area (Å²) in [6.07, 6.45) is 2.26. The molecule has 2 N–H and O–H groups in total. The third-order valence-electron chi connectivity index (χ3n) is 4.10. The van der Waals surface area contributed by atoms with Gasteiger partial charge in [0.25, 0.3) is 0 Å². The largest absolute Gasteiger partial charge is 0.350 e. The molecule has 6 heteroatoms. The SMILES string of the molecule is CC(C)(C)NC(=O)CN1CCC(CNCc2cc(C#N)cs2)CC1. The molecular formula is C18H28N4OS. The van der Waals surface area contributed by atoms with Crippen LogP contribution in [0.3, 0.4) is 0 Å². The molecule has 1 aliphatic heterocycles. The van der Waals surface area contributed by atoms with Gasteiger partial charge in [0, 0.05) is 22.3 Å². The fraction of sp³-hybridized carbons (Fsp3) is 0.667. The first-order chi connectivity index (χ1) is 11.4. The number of rotatable bonds is 6. The van der Waals surface area contributed by atoms with Gasteiger partial charge >= 0.3 is 0 Å². The van der Waals surface area contributed by atoms with E-state index in [1.807, 2.05) is 32.2 Å². The zero-order valence-electron chi connectivity index (χ0n) is 14.9. The maximum absolute atomic E-state index is 12.0. The summed E-state index contributed by atoms with van der Waals surface area (Å²) in [7, 11) is 0. The van der Waals surface area contributed by atoms with E-state index in [9.17, 15) is 4.79 Å². The lowest BCUT2D eigenvalue weighted by Crippen LogP contribution is -2.48. The number of hydrogen-bond donors (Lipinski definition) is 2. The van der Waals surface area contributed by atoms with Gasteiger partial charge in [-0.05, 0) is 65.2 Å². The summed E-state index contributed by atoms with van der Waals surface area (Å²) in [4.78, 5) is 15.4. The first-order valence-corrected chi connectivity index (χ1v) is 9.45. The molecule has 5 nitrogen and oxygen atoms in total. The van der Waals surface area contributed by atoms with E-state index in [1.165, 1.54) is 4.88 Å². The van der Waals surface area contributed by atoms with Crippen molar-refractivity contribution in [3.05, 3.63) is 21.9 Å². The van der Waals surface area contributed by atoms with E-state index in [0.717, 1.165) is 44.6 Å². The van der Waals surface area contributed by atoms with Crippen molar-refractivity contribution >= 4 is 17.2 Å². The third kappa shape index (κ3) is 6.60. The Morgan fingerprint density at radius 3 is 2.71 bits per heavy atom. The summed E-state index contributed by atoms with van der Waals surface area (Å²) in [5, 5.41) is 17.3. The Kier molecular flexibility index (Phi) is 6.79. The molecule has 0 spiro atoms. The molecule has 1 aromatic rings. The van der Waals surface area contributed by atoms with E-state index >= 15 is 0 Å². The molecule has 1 fully saturated rings. The maximum atomic E-state index is 12.0. The fourth-order valence-electron chi connectivity index (χ4n) is 2.94. The number of nitrogens with zero attached hydrogens (tertiary/aromatic N) is 2. The zero-order valence-corrected chi connectivity index (χ0v) is 15.7.